The van der Waals surface area contributed by atoms with Crippen molar-refractivity contribution in [3.05, 3.63) is 166 Å². The molecule has 15 heteroatoms. The molecule has 2 atom stereocenters. The summed E-state index contributed by atoms with van der Waals surface area (Å²) in [6, 6.07) is 27.9. The van der Waals surface area contributed by atoms with Gasteiger partial charge in [0.2, 0.25) is 0 Å². The summed E-state index contributed by atoms with van der Waals surface area (Å²) >= 11 is 0. The molecule has 0 fully saturated rings. The first-order chi connectivity index (χ1) is 31.6. The van der Waals surface area contributed by atoms with Crippen LogP contribution in [0.25, 0.3) is 66.1 Å². The Morgan fingerprint density at radius 2 is 1.05 bits per heavy atom. The van der Waals surface area contributed by atoms with E-state index in [1.54, 1.807) is 63.0 Å². The maximum Gasteiger partial charge on any atom is 0.320 e. The average molecular weight is 886 g/mol. The van der Waals surface area contributed by atoms with Gasteiger partial charge >= 0.3 is 11.9 Å². The van der Waals surface area contributed by atoms with Crippen LogP contribution in [0.2, 0.25) is 0 Å². The average Bonchev–Trinajstić information content (AvgIpc) is 3.85. The molecule has 0 saturated carbocycles. The van der Waals surface area contributed by atoms with Crippen LogP contribution in [0, 0.1) is 30.9 Å². The van der Waals surface area contributed by atoms with E-state index in [1.807, 2.05) is 55.2 Å². The smallest absolute Gasteiger partial charge is 0.320 e. The number of nitrogens with zero attached hydrogens (tertiary/aromatic N) is 7. The van der Waals surface area contributed by atoms with E-state index in [4.69, 9.17) is 21.7 Å². The number of carboxylic acids is 2. The zero-order valence-electron chi connectivity index (χ0n) is 37.5. The summed E-state index contributed by atoms with van der Waals surface area (Å²) in [6.45, 7) is 5.93. The van der Waals surface area contributed by atoms with Crippen LogP contribution in [0.5, 0.6) is 0 Å². The zero-order valence-corrected chi connectivity index (χ0v) is 37.5. The third-order valence-electron chi connectivity index (χ3n) is 12.3. The Bertz CT molecular complexity index is 3230. The number of carbonyl (C=O) groups is 2. The second kappa shape index (κ2) is 19.4. The van der Waals surface area contributed by atoms with Crippen LogP contribution in [0.1, 0.15) is 28.2 Å². The second-order valence-corrected chi connectivity index (χ2v) is 16.2. The maximum absolute atomic E-state index is 11.9. The number of nitrogens with two attached hydrogens (primary N) is 2. The lowest BCUT2D eigenvalue weighted by molar-refractivity contribution is -0.382. The molecule has 3 aromatic carbocycles. The first-order valence-electron chi connectivity index (χ1n) is 21.1. The fraction of sp³-hybridized carbons (Fsp3) is 0.196. The number of benzene rings is 3. The molecular weight excluding hydrogens is 835 g/mol. The fourth-order valence-electron chi connectivity index (χ4n) is 8.38. The van der Waals surface area contributed by atoms with E-state index in [-0.39, 0.29) is 12.1 Å². The van der Waals surface area contributed by atoms with Crippen LogP contribution in [0.15, 0.2) is 128 Å². The van der Waals surface area contributed by atoms with Crippen LogP contribution in [-0.2, 0) is 43.6 Å². The lowest BCUT2D eigenvalue weighted by Gasteiger charge is -2.09. The van der Waals surface area contributed by atoms with E-state index in [2.05, 4.69) is 80.5 Å². The van der Waals surface area contributed by atoms with Crippen molar-refractivity contribution in [1.82, 2.24) is 28.7 Å². The quantitative estimate of drug-likeness (QED) is 0.0753. The molecule has 6 aromatic heterocycles. The minimum absolute atomic E-state index is 0.0130. The first-order valence-corrected chi connectivity index (χ1v) is 21.1. The SMILES string of the molecule is Cc1c(CC(N)C(=O)O)c2c([N+](=O)[O-])c(-c3ccncc3)ccc2n1C.Cc1c(CC(N)C(=O)O)c2cc(-c3ccncc3)ccc2n1C.Cc1cc2cc(-c3ccncc3)ccc2n1C. The van der Waals surface area contributed by atoms with Gasteiger partial charge in [0.15, 0.2) is 0 Å². The van der Waals surface area contributed by atoms with Gasteiger partial charge in [-0.05, 0) is 139 Å². The topological polar surface area (TPSA) is 223 Å². The predicted octanol–water partition coefficient (Wildman–Crippen LogP) is 8.46. The Balaban J connectivity index is 0.000000150. The third-order valence-corrected chi connectivity index (χ3v) is 12.3. The molecule has 336 valence electrons. The summed E-state index contributed by atoms with van der Waals surface area (Å²) in [5, 5.41) is 33.0. The van der Waals surface area contributed by atoms with Gasteiger partial charge in [-0.1, -0.05) is 12.1 Å². The molecular formula is C51H51N9O6. The number of aromatic nitrogens is 6. The van der Waals surface area contributed by atoms with E-state index in [9.17, 15) is 19.7 Å². The molecule has 0 radical (unpaired) electrons. The highest BCUT2D eigenvalue weighted by atomic mass is 16.6. The minimum Gasteiger partial charge on any atom is -0.480 e. The Kier molecular flexibility index (Phi) is 13.5. The Morgan fingerprint density at radius 3 is 1.58 bits per heavy atom. The molecule has 0 saturated heterocycles. The summed E-state index contributed by atoms with van der Waals surface area (Å²) < 4.78 is 6.11. The van der Waals surface area contributed by atoms with Gasteiger partial charge in [-0.3, -0.25) is 34.7 Å². The number of rotatable bonds is 10. The maximum atomic E-state index is 11.9. The molecule has 0 aliphatic rings. The molecule has 0 spiro atoms. The van der Waals surface area contributed by atoms with E-state index in [0.29, 0.717) is 34.0 Å². The van der Waals surface area contributed by atoms with Crippen LogP contribution in [0.3, 0.4) is 0 Å². The standard InChI is InChI=1S/C18H18N4O4.C18H19N3O2.C15H14N2/c1-10-13(9-14(19)18(23)24)16-15(21(10)2)4-3-12(17(16)22(25)26)11-5-7-20-8-6-11;1-11-14(10-16(19)18(22)23)15-9-13(3-4-17(15)21(11)2)12-5-7-20-8-6-12;1-11-9-14-10-13(3-4-15(14)17(11)2)12-5-7-16-8-6-12/h3-8,14H,9,19H2,1-2H3,(H,23,24);3-9,16H,10,19H2,1-2H3,(H,22,23);3-10H,1-2H3. The van der Waals surface area contributed by atoms with Crippen LogP contribution in [0.4, 0.5) is 5.69 Å². The number of nitro groups is 1. The molecule has 0 aliphatic heterocycles. The number of hydrogen-bond acceptors (Lipinski definition) is 9. The van der Waals surface area contributed by atoms with E-state index < -0.39 is 28.9 Å². The van der Waals surface area contributed by atoms with Gasteiger partial charge < -0.3 is 35.4 Å². The van der Waals surface area contributed by atoms with E-state index in [1.165, 1.54) is 27.7 Å². The molecule has 9 rings (SSSR count). The van der Waals surface area contributed by atoms with Gasteiger partial charge in [-0.2, -0.15) is 0 Å². The molecule has 15 nitrogen and oxygen atoms in total. The van der Waals surface area contributed by atoms with Gasteiger partial charge in [0.25, 0.3) is 5.69 Å². The largest absolute Gasteiger partial charge is 0.480 e. The number of fused-ring (bicyclic) bond motifs is 3. The molecule has 6 heterocycles. The molecule has 66 heavy (non-hydrogen) atoms. The monoisotopic (exact) mass is 885 g/mol. The van der Waals surface area contributed by atoms with E-state index >= 15 is 0 Å². The van der Waals surface area contributed by atoms with Crippen molar-refractivity contribution in [3.8, 4) is 33.4 Å². The molecule has 9 aromatic rings. The summed E-state index contributed by atoms with van der Waals surface area (Å²) in [5.74, 6) is -2.12. The van der Waals surface area contributed by atoms with Crippen LogP contribution in [-0.4, -0.2) is 67.8 Å². The molecule has 6 N–H and O–H groups in total. The Labute approximate surface area is 380 Å². The van der Waals surface area contributed by atoms with Crippen molar-refractivity contribution in [2.45, 2.75) is 45.7 Å². The van der Waals surface area contributed by atoms with Crippen LogP contribution < -0.4 is 11.5 Å². The van der Waals surface area contributed by atoms with Crippen molar-refractivity contribution in [2.75, 3.05) is 0 Å². The van der Waals surface area contributed by atoms with Crippen molar-refractivity contribution in [2.24, 2.45) is 32.6 Å². The zero-order chi connectivity index (χ0) is 47.4. The lowest BCUT2D eigenvalue weighted by Crippen LogP contribution is -2.32. The van der Waals surface area contributed by atoms with Gasteiger partial charge in [-0.25, -0.2) is 0 Å². The molecule has 0 amide bonds. The van der Waals surface area contributed by atoms with Gasteiger partial charge in [0.1, 0.15) is 12.1 Å². The summed E-state index contributed by atoms with van der Waals surface area (Å²) in [6.07, 6.45) is 10.7. The third kappa shape index (κ3) is 9.29. The molecule has 0 aliphatic carbocycles. The lowest BCUT2D eigenvalue weighted by atomic mass is 9.97. The second-order valence-electron chi connectivity index (χ2n) is 16.2. The number of hydrogen-bond donors (Lipinski definition) is 4. The van der Waals surface area contributed by atoms with Crippen molar-refractivity contribution in [1.29, 1.82) is 0 Å². The number of aryl methyl sites for hydroxylation is 4. The Morgan fingerprint density at radius 1 is 0.591 bits per heavy atom. The van der Waals surface area contributed by atoms with Crippen molar-refractivity contribution >= 4 is 50.3 Å². The van der Waals surface area contributed by atoms with Gasteiger partial charge in [0, 0.05) is 110 Å². The van der Waals surface area contributed by atoms with Crippen molar-refractivity contribution < 1.29 is 24.7 Å². The summed E-state index contributed by atoms with van der Waals surface area (Å²) in [7, 11) is 5.88. The number of carboxylic acid groups (broad SMARTS) is 2. The summed E-state index contributed by atoms with van der Waals surface area (Å²) in [4.78, 5) is 45.8. The normalized spacial score (nSPS) is 12.0. The highest BCUT2D eigenvalue weighted by Crippen LogP contribution is 2.40. The number of pyridine rings is 3. The Hall–Kier alpha value is -8.01. The molecule has 2 unspecified atom stereocenters. The number of aliphatic carboxylic acids is 2. The van der Waals surface area contributed by atoms with Crippen molar-refractivity contribution in [3.63, 3.8) is 0 Å². The fourth-order valence-corrected chi connectivity index (χ4v) is 8.38. The summed E-state index contributed by atoms with van der Waals surface area (Å²) in [5.41, 5.74) is 24.8. The van der Waals surface area contributed by atoms with Gasteiger partial charge in [-0.15, -0.1) is 0 Å². The van der Waals surface area contributed by atoms with Crippen LogP contribution >= 0.6 is 0 Å². The number of nitro benzene ring substituents is 1. The van der Waals surface area contributed by atoms with E-state index in [0.717, 1.165) is 39.0 Å². The highest BCUT2D eigenvalue weighted by molar-refractivity contribution is 6.00. The van der Waals surface area contributed by atoms with Gasteiger partial charge in [0.05, 0.1) is 21.4 Å². The molecule has 0 bridgehead atoms. The highest BCUT2D eigenvalue weighted by Gasteiger charge is 2.28. The predicted molar refractivity (Wildman–Crippen MR) is 258 cm³/mol. The first kappa shape index (κ1) is 46.0. The minimum atomic E-state index is -1.14.